The predicted octanol–water partition coefficient (Wildman–Crippen LogP) is 2.96. The SMILES string of the molecule is C=C(C)[C@@H]1CC[C@]2(C1)[C@@H](CO)CC(=O)C[C@H]2C. The Morgan fingerprint density at radius 3 is 2.76 bits per heavy atom. The Balaban J connectivity index is 2.22. The summed E-state index contributed by atoms with van der Waals surface area (Å²) in [7, 11) is 0. The number of rotatable bonds is 2. The summed E-state index contributed by atoms with van der Waals surface area (Å²) in [5, 5.41) is 9.60. The molecule has 2 heteroatoms. The number of aliphatic hydroxyl groups excluding tert-OH is 1. The van der Waals surface area contributed by atoms with Crippen LogP contribution >= 0.6 is 0 Å². The Hall–Kier alpha value is -0.630. The smallest absolute Gasteiger partial charge is 0.133 e. The molecule has 0 heterocycles. The van der Waals surface area contributed by atoms with Crippen LogP contribution in [-0.2, 0) is 4.79 Å². The third kappa shape index (κ3) is 2.08. The zero-order valence-electron chi connectivity index (χ0n) is 11.0. The zero-order chi connectivity index (χ0) is 12.6. The van der Waals surface area contributed by atoms with Crippen molar-refractivity contribution in [2.45, 2.75) is 46.0 Å². The lowest BCUT2D eigenvalue weighted by Gasteiger charge is -2.45. The second kappa shape index (κ2) is 4.56. The minimum absolute atomic E-state index is 0.166. The highest BCUT2D eigenvalue weighted by molar-refractivity contribution is 5.80. The Morgan fingerprint density at radius 2 is 2.24 bits per heavy atom. The van der Waals surface area contributed by atoms with E-state index in [4.69, 9.17) is 0 Å². The fourth-order valence-electron chi connectivity index (χ4n) is 4.10. The average Bonchev–Trinajstić information content (AvgIpc) is 2.70. The van der Waals surface area contributed by atoms with Crippen LogP contribution < -0.4 is 0 Å². The van der Waals surface area contributed by atoms with Crippen molar-refractivity contribution >= 4 is 5.78 Å². The molecule has 0 amide bonds. The highest BCUT2D eigenvalue weighted by atomic mass is 16.3. The van der Waals surface area contributed by atoms with Gasteiger partial charge in [0, 0.05) is 19.4 Å². The molecule has 1 spiro atoms. The molecule has 0 bridgehead atoms. The van der Waals surface area contributed by atoms with Crippen molar-refractivity contribution in [2.24, 2.45) is 23.2 Å². The van der Waals surface area contributed by atoms with Crippen molar-refractivity contribution in [1.82, 2.24) is 0 Å². The third-order valence-corrected chi connectivity index (χ3v) is 5.30. The lowest BCUT2D eigenvalue weighted by molar-refractivity contribution is -0.130. The van der Waals surface area contributed by atoms with Crippen LogP contribution in [0.1, 0.15) is 46.0 Å². The molecular formula is C15H24O2. The average molecular weight is 236 g/mol. The second-order valence-corrected chi connectivity index (χ2v) is 6.25. The maximum atomic E-state index is 11.7. The molecule has 4 atom stereocenters. The molecule has 0 aromatic rings. The first-order valence-electron chi connectivity index (χ1n) is 6.77. The van der Waals surface area contributed by atoms with Gasteiger partial charge in [-0.25, -0.2) is 0 Å². The summed E-state index contributed by atoms with van der Waals surface area (Å²) in [5.41, 5.74) is 1.47. The van der Waals surface area contributed by atoms with Gasteiger partial charge < -0.3 is 5.11 Å². The molecule has 17 heavy (non-hydrogen) atoms. The Morgan fingerprint density at radius 1 is 1.53 bits per heavy atom. The molecular weight excluding hydrogens is 212 g/mol. The number of carbonyl (C=O) groups excluding carboxylic acids is 1. The van der Waals surface area contributed by atoms with Gasteiger partial charge in [0.15, 0.2) is 0 Å². The fraction of sp³-hybridized carbons (Fsp3) is 0.800. The van der Waals surface area contributed by atoms with Crippen LogP contribution in [-0.4, -0.2) is 17.5 Å². The maximum Gasteiger partial charge on any atom is 0.133 e. The molecule has 0 unspecified atom stereocenters. The largest absolute Gasteiger partial charge is 0.396 e. The van der Waals surface area contributed by atoms with E-state index in [0.717, 1.165) is 12.8 Å². The van der Waals surface area contributed by atoms with Crippen LogP contribution in [0.5, 0.6) is 0 Å². The van der Waals surface area contributed by atoms with Crippen LogP contribution in [0.3, 0.4) is 0 Å². The molecule has 0 saturated heterocycles. The topological polar surface area (TPSA) is 37.3 Å². The first-order valence-corrected chi connectivity index (χ1v) is 6.77. The highest BCUT2D eigenvalue weighted by Crippen LogP contribution is 2.57. The molecule has 2 aliphatic rings. The zero-order valence-corrected chi connectivity index (χ0v) is 11.0. The van der Waals surface area contributed by atoms with Crippen LogP contribution in [0.15, 0.2) is 12.2 Å². The van der Waals surface area contributed by atoms with E-state index in [1.807, 2.05) is 0 Å². The van der Waals surface area contributed by atoms with Crippen molar-refractivity contribution in [2.75, 3.05) is 6.61 Å². The summed E-state index contributed by atoms with van der Waals surface area (Å²) in [6.45, 7) is 8.54. The maximum absolute atomic E-state index is 11.7. The van der Waals surface area contributed by atoms with Crippen LogP contribution in [0.4, 0.5) is 0 Å². The summed E-state index contributed by atoms with van der Waals surface area (Å²) < 4.78 is 0. The standard InChI is InChI=1S/C15H24O2/c1-10(2)12-4-5-15(8-12)11(3)6-14(17)7-13(15)9-16/h11-13,16H,1,4-9H2,2-3H3/t11-,12-,13-,15-/m1/s1. The van der Waals surface area contributed by atoms with Gasteiger partial charge in [-0.2, -0.15) is 0 Å². The normalized spacial score (nSPS) is 42.1. The number of allylic oxidation sites excluding steroid dienone is 1. The molecule has 0 radical (unpaired) electrons. The van der Waals surface area contributed by atoms with Gasteiger partial charge in [-0.3, -0.25) is 4.79 Å². The fourth-order valence-corrected chi connectivity index (χ4v) is 4.10. The predicted molar refractivity (Wildman–Crippen MR) is 68.6 cm³/mol. The van der Waals surface area contributed by atoms with E-state index in [1.54, 1.807) is 0 Å². The minimum Gasteiger partial charge on any atom is -0.396 e. The van der Waals surface area contributed by atoms with Gasteiger partial charge in [-0.1, -0.05) is 19.1 Å². The van der Waals surface area contributed by atoms with E-state index >= 15 is 0 Å². The summed E-state index contributed by atoms with van der Waals surface area (Å²) >= 11 is 0. The van der Waals surface area contributed by atoms with Gasteiger partial charge in [0.05, 0.1) is 0 Å². The molecule has 2 rings (SSSR count). The second-order valence-electron chi connectivity index (χ2n) is 6.25. The van der Waals surface area contributed by atoms with Gasteiger partial charge in [-0.15, -0.1) is 0 Å². The summed E-state index contributed by atoms with van der Waals surface area (Å²) in [5.74, 6) is 1.54. The Kier molecular flexibility index (Phi) is 3.44. The lowest BCUT2D eigenvalue weighted by atomic mass is 9.59. The van der Waals surface area contributed by atoms with E-state index in [2.05, 4.69) is 20.4 Å². The van der Waals surface area contributed by atoms with Crippen molar-refractivity contribution in [1.29, 1.82) is 0 Å². The number of aliphatic hydroxyl groups is 1. The van der Waals surface area contributed by atoms with Crippen LogP contribution in [0, 0.1) is 23.2 Å². The molecule has 1 N–H and O–H groups in total. The minimum atomic E-state index is 0.166. The first kappa shape index (κ1) is 12.8. The summed E-state index contributed by atoms with van der Waals surface area (Å²) in [4.78, 5) is 11.7. The third-order valence-electron chi connectivity index (χ3n) is 5.30. The summed E-state index contributed by atoms with van der Waals surface area (Å²) in [6, 6.07) is 0. The van der Waals surface area contributed by atoms with Crippen LogP contribution in [0.25, 0.3) is 0 Å². The number of hydrogen-bond acceptors (Lipinski definition) is 2. The number of carbonyl (C=O) groups is 1. The molecule has 2 fully saturated rings. The number of ketones is 1. The van der Waals surface area contributed by atoms with Crippen molar-refractivity contribution in [3.63, 3.8) is 0 Å². The molecule has 2 aliphatic carbocycles. The Labute approximate surface area is 104 Å². The molecule has 0 aromatic carbocycles. The van der Waals surface area contributed by atoms with Gasteiger partial charge in [-0.05, 0) is 49.4 Å². The van der Waals surface area contributed by atoms with E-state index in [9.17, 15) is 9.90 Å². The van der Waals surface area contributed by atoms with Gasteiger partial charge >= 0.3 is 0 Å². The highest BCUT2D eigenvalue weighted by Gasteiger charge is 2.51. The van der Waals surface area contributed by atoms with Crippen molar-refractivity contribution < 1.29 is 9.90 Å². The molecule has 96 valence electrons. The molecule has 0 aromatic heterocycles. The lowest BCUT2D eigenvalue weighted by Crippen LogP contribution is -2.43. The van der Waals surface area contributed by atoms with E-state index in [-0.39, 0.29) is 17.9 Å². The Bertz CT molecular complexity index is 334. The van der Waals surface area contributed by atoms with Crippen LogP contribution in [0.2, 0.25) is 0 Å². The van der Waals surface area contributed by atoms with Gasteiger partial charge in [0.25, 0.3) is 0 Å². The molecule has 0 aliphatic heterocycles. The first-order chi connectivity index (χ1) is 7.99. The van der Waals surface area contributed by atoms with Gasteiger partial charge in [0.2, 0.25) is 0 Å². The number of Topliss-reactive ketones (excluding diaryl/α,β-unsaturated/α-hetero) is 1. The quantitative estimate of drug-likeness (QED) is 0.748. The number of hydrogen-bond donors (Lipinski definition) is 1. The van der Waals surface area contributed by atoms with E-state index < -0.39 is 0 Å². The molecule has 2 saturated carbocycles. The summed E-state index contributed by atoms with van der Waals surface area (Å²) in [6.07, 6.45) is 4.76. The van der Waals surface area contributed by atoms with E-state index in [0.29, 0.717) is 30.5 Å². The van der Waals surface area contributed by atoms with Crippen molar-refractivity contribution in [3.05, 3.63) is 12.2 Å². The monoisotopic (exact) mass is 236 g/mol. The molecule has 2 nitrogen and oxygen atoms in total. The van der Waals surface area contributed by atoms with E-state index in [1.165, 1.54) is 12.0 Å². The van der Waals surface area contributed by atoms with Gasteiger partial charge in [0.1, 0.15) is 5.78 Å². The van der Waals surface area contributed by atoms with Crippen molar-refractivity contribution in [3.8, 4) is 0 Å².